The first-order valence-corrected chi connectivity index (χ1v) is 8.49. The zero-order valence-electron chi connectivity index (χ0n) is 13.7. The molecule has 2 aliphatic rings. The highest BCUT2D eigenvalue weighted by molar-refractivity contribution is 4.89. The van der Waals surface area contributed by atoms with Crippen molar-refractivity contribution in [1.82, 2.24) is 4.90 Å². The lowest BCUT2D eigenvalue weighted by atomic mass is 9.90. The molecule has 2 aliphatic carbocycles. The maximum Gasteiger partial charge on any atom is 0.0900 e. The first kappa shape index (κ1) is 16.3. The highest BCUT2D eigenvalue weighted by Gasteiger charge is 2.39. The van der Waals surface area contributed by atoms with Gasteiger partial charge in [0.2, 0.25) is 0 Å². The fourth-order valence-corrected chi connectivity index (χ4v) is 4.25. The van der Waals surface area contributed by atoms with Crippen LogP contribution in [0, 0.1) is 17.8 Å². The number of nitrogens with zero attached hydrogens (tertiary/aromatic N) is 1. The van der Waals surface area contributed by atoms with Gasteiger partial charge in [-0.05, 0) is 64.7 Å². The molecule has 2 saturated carbocycles. The summed E-state index contributed by atoms with van der Waals surface area (Å²) in [6, 6.07) is 0.936. The third-order valence-electron chi connectivity index (χ3n) is 5.27. The van der Waals surface area contributed by atoms with Crippen molar-refractivity contribution in [3.63, 3.8) is 0 Å². The van der Waals surface area contributed by atoms with Crippen LogP contribution >= 0.6 is 0 Å². The fourth-order valence-electron chi connectivity index (χ4n) is 4.25. The number of fused-ring (bicyclic) bond motifs is 2. The van der Waals surface area contributed by atoms with E-state index >= 15 is 0 Å². The van der Waals surface area contributed by atoms with E-state index in [1.165, 1.54) is 25.7 Å². The molecule has 0 spiro atoms. The van der Waals surface area contributed by atoms with Crippen LogP contribution in [-0.4, -0.2) is 48.0 Å². The summed E-state index contributed by atoms with van der Waals surface area (Å²) in [5.41, 5.74) is 0. The molecule has 2 fully saturated rings. The molecule has 0 radical (unpaired) electrons. The Balaban J connectivity index is 1.63. The molecule has 118 valence electrons. The van der Waals surface area contributed by atoms with Crippen LogP contribution < -0.4 is 0 Å². The Hall–Kier alpha value is -0.120. The van der Waals surface area contributed by atoms with Gasteiger partial charge < -0.3 is 9.84 Å². The minimum absolute atomic E-state index is 0.363. The molecular weight excluding hydrogens is 250 g/mol. The summed E-state index contributed by atoms with van der Waals surface area (Å²) < 4.78 is 5.82. The standard InChI is InChI=1S/C17H33NO2/c1-12(2)18(13(3)4)9-17(19)11-20-10-16-8-14-5-6-15(16)7-14/h12-17,19H,5-11H2,1-4H3/t14-,15-,16+,17-/m0/s1. The van der Waals surface area contributed by atoms with Crippen LogP contribution in [0.1, 0.15) is 53.4 Å². The summed E-state index contributed by atoms with van der Waals surface area (Å²) in [6.07, 6.45) is 5.30. The van der Waals surface area contributed by atoms with Gasteiger partial charge in [-0.2, -0.15) is 0 Å². The lowest BCUT2D eigenvalue weighted by Crippen LogP contribution is -2.43. The summed E-state index contributed by atoms with van der Waals surface area (Å²) in [7, 11) is 0. The first-order chi connectivity index (χ1) is 9.47. The van der Waals surface area contributed by atoms with Crippen LogP contribution in [0.15, 0.2) is 0 Å². The van der Waals surface area contributed by atoms with Gasteiger partial charge in [-0.1, -0.05) is 6.42 Å². The summed E-state index contributed by atoms with van der Waals surface area (Å²) in [4.78, 5) is 2.32. The molecule has 0 heterocycles. The summed E-state index contributed by atoms with van der Waals surface area (Å²) in [6.45, 7) is 10.8. The van der Waals surface area contributed by atoms with Crippen molar-refractivity contribution in [1.29, 1.82) is 0 Å². The number of hydrogen-bond acceptors (Lipinski definition) is 3. The molecule has 20 heavy (non-hydrogen) atoms. The van der Waals surface area contributed by atoms with E-state index in [0.717, 1.165) is 24.4 Å². The Kier molecular flexibility index (Phi) is 5.88. The van der Waals surface area contributed by atoms with E-state index in [1.54, 1.807) is 0 Å². The van der Waals surface area contributed by atoms with Gasteiger partial charge in [0.15, 0.2) is 0 Å². The van der Waals surface area contributed by atoms with Crippen molar-refractivity contribution in [2.45, 2.75) is 71.6 Å². The van der Waals surface area contributed by atoms with Gasteiger partial charge in [-0.15, -0.1) is 0 Å². The molecule has 0 saturated heterocycles. The van der Waals surface area contributed by atoms with Crippen molar-refractivity contribution < 1.29 is 9.84 Å². The number of rotatable bonds is 8. The van der Waals surface area contributed by atoms with Gasteiger partial charge in [0, 0.05) is 25.2 Å². The maximum atomic E-state index is 10.2. The van der Waals surface area contributed by atoms with E-state index in [-0.39, 0.29) is 6.10 Å². The Morgan fingerprint density at radius 2 is 1.80 bits per heavy atom. The molecule has 2 bridgehead atoms. The normalized spacial score (nSPS) is 30.9. The third-order valence-corrected chi connectivity index (χ3v) is 5.27. The largest absolute Gasteiger partial charge is 0.389 e. The Morgan fingerprint density at radius 1 is 1.10 bits per heavy atom. The highest BCUT2D eigenvalue weighted by Crippen LogP contribution is 2.48. The molecule has 3 nitrogen and oxygen atoms in total. The third kappa shape index (κ3) is 4.19. The second-order valence-corrected chi connectivity index (χ2v) is 7.51. The van der Waals surface area contributed by atoms with E-state index in [2.05, 4.69) is 32.6 Å². The minimum atomic E-state index is -0.363. The Morgan fingerprint density at radius 3 is 2.30 bits per heavy atom. The average molecular weight is 283 g/mol. The quantitative estimate of drug-likeness (QED) is 0.743. The van der Waals surface area contributed by atoms with Crippen LogP contribution in [-0.2, 0) is 4.74 Å². The van der Waals surface area contributed by atoms with Gasteiger partial charge in [-0.25, -0.2) is 0 Å². The molecule has 3 heteroatoms. The van der Waals surface area contributed by atoms with Gasteiger partial charge in [-0.3, -0.25) is 4.90 Å². The zero-order valence-corrected chi connectivity index (χ0v) is 13.7. The van der Waals surface area contributed by atoms with E-state index in [0.29, 0.717) is 25.2 Å². The fraction of sp³-hybridized carbons (Fsp3) is 1.00. The molecule has 0 amide bonds. The zero-order chi connectivity index (χ0) is 14.7. The van der Waals surface area contributed by atoms with Crippen molar-refractivity contribution in [3.05, 3.63) is 0 Å². The van der Waals surface area contributed by atoms with Gasteiger partial charge in [0.05, 0.1) is 12.7 Å². The minimum Gasteiger partial charge on any atom is -0.389 e. The van der Waals surface area contributed by atoms with Crippen molar-refractivity contribution in [2.75, 3.05) is 19.8 Å². The second-order valence-electron chi connectivity index (χ2n) is 7.51. The average Bonchev–Trinajstić information content (AvgIpc) is 2.97. The van der Waals surface area contributed by atoms with Crippen molar-refractivity contribution in [2.24, 2.45) is 17.8 Å². The van der Waals surface area contributed by atoms with E-state index in [4.69, 9.17) is 4.74 Å². The molecule has 2 rings (SSSR count). The topological polar surface area (TPSA) is 32.7 Å². The van der Waals surface area contributed by atoms with Crippen LogP contribution in [0.4, 0.5) is 0 Å². The van der Waals surface area contributed by atoms with E-state index in [1.807, 2.05) is 0 Å². The number of hydrogen-bond donors (Lipinski definition) is 1. The lowest BCUT2D eigenvalue weighted by Gasteiger charge is -2.32. The Bertz CT molecular complexity index is 285. The molecule has 0 unspecified atom stereocenters. The summed E-state index contributed by atoms with van der Waals surface area (Å²) in [5, 5.41) is 10.2. The smallest absolute Gasteiger partial charge is 0.0900 e. The lowest BCUT2D eigenvalue weighted by molar-refractivity contribution is -0.0113. The van der Waals surface area contributed by atoms with Gasteiger partial charge in [0.1, 0.15) is 0 Å². The van der Waals surface area contributed by atoms with E-state index < -0.39 is 0 Å². The molecule has 0 aromatic carbocycles. The Labute approximate surface area is 124 Å². The predicted molar refractivity (Wildman–Crippen MR) is 82.7 cm³/mol. The second kappa shape index (κ2) is 7.24. The van der Waals surface area contributed by atoms with Crippen LogP contribution in [0.25, 0.3) is 0 Å². The summed E-state index contributed by atoms with van der Waals surface area (Å²) in [5.74, 6) is 2.67. The number of aliphatic hydroxyl groups is 1. The van der Waals surface area contributed by atoms with Crippen LogP contribution in [0.2, 0.25) is 0 Å². The van der Waals surface area contributed by atoms with Crippen molar-refractivity contribution >= 4 is 0 Å². The van der Waals surface area contributed by atoms with E-state index in [9.17, 15) is 5.11 Å². The van der Waals surface area contributed by atoms with Crippen LogP contribution in [0.5, 0.6) is 0 Å². The first-order valence-electron chi connectivity index (χ1n) is 8.49. The number of aliphatic hydroxyl groups excluding tert-OH is 1. The monoisotopic (exact) mass is 283 g/mol. The van der Waals surface area contributed by atoms with Crippen molar-refractivity contribution in [3.8, 4) is 0 Å². The van der Waals surface area contributed by atoms with Gasteiger partial charge >= 0.3 is 0 Å². The SMILES string of the molecule is CC(C)N(C[C@H](O)COC[C@H]1C[C@H]2CC[C@H]1C2)C(C)C. The summed E-state index contributed by atoms with van der Waals surface area (Å²) >= 11 is 0. The predicted octanol–water partition coefficient (Wildman–Crippen LogP) is 2.92. The highest BCUT2D eigenvalue weighted by atomic mass is 16.5. The molecule has 0 aliphatic heterocycles. The van der Waals surface area contributed by atoms with Gasteiger partial charge in [0.25, 0.3) is 0 Å². The number of ether oxygens (including phenoxy) is 1. The maximum absolute atomic E-state index is 10.2. The molecular formula is C17H33NO2. The molecule has 0 aromatic heterocycles. The van der Waals surface area contributed by atoms with Crippen LogP contribution in [0.3, 0.4) is 0 Å². The molecule has 4 atom stereocenters. The molecule has 1 N–H and O–H groups in total. The molecule has 0 aromatic rings.